The minimum absolute atomic E-state index is 0.261. The highest BCUT2D eigenvalue weighted by Crippen LogP contribution is 2.30. The summed E-state index contributed by atoms with van der Waals surface area (Å²) in [6.07, 6.45) is 20.5. The van der Waals surface area contributed by atoms with Crippen molar-refractivity contribution in [2.75, 3.05) is 19.8 Å². The van der Waals surface area contributed by atoms with Crippen molar-refractivity contribution in [1.29, 1.82) is 0 Å². The molecular weight excluding hydrogens is 787 g/mol. The Morgan fingerprint density at radius 2 is 1.05 bits per heavy atom. The molecule has 0 spiro atoms. The molecule has 1 amide bonds. The number of aliphatic hydroxyl groups excluding tert-OH is 8. The molecule has 9 N–H and O–H groups in total. The predicted molar refractivity (Wildman–Crippen MR) is 235 cm³/mol. The fourth-order valence-corrected chi connectivity index (χ4v) is 7.59. The molecule has 0 aromatic rings. The summed E-state index contributed by atoms with van der Waals surface area (Å²) >= 11 is 0. The first-order chi connectivity index (χ1) is 29.6. The number of aliphatic hydroxyl groups is 8. The van der Waals surface area contributed by atoms with Crippen molar-refractivity contribution in [3.8, 4) is 0 Å². The molecule has 12 atom stereocenters. The van der Waals surface area contributed by atoms with Crippen LogP contribution in [0.1, 0.15) is 162 Å². The molecule has 61 heavy (non-hydrogen) atoms. The minimum atomic E-state index is -1.79. The first-order valence-electron chi connectivity index (χ1n) is 23.7. The maximum atomic E-state index is 13.1. The van der Waals surface area contributed by atoms with Gasteiger partial charge in [0.05, 0.1) is 32.0 Å². The van der Waals surface area contributed by atoms with Crippen LogP contribution in [-0.2, 0) is 23.7 Å². The van der Waals surface area contributed by atoms with Crippen molar-refractivity contribution in [2.45, 2.75) is 235 Å². The second-order valence-electron chi connectivity index (χ2n) is 16.9. The highest BCUT2D eigenvalue weighted by molar-refractivity contribution is 5.76. The zero-order valence-corrected chi connectivity index (χ0v) is 37.4. The largest absolute Gasteiger partial charge is 0.394 e. The van der Waals surface area contributed by atoms with Gasteiger partial charge in [0.1, 0.15) is 48.8 Å². The number of hydrogen-bond donors (Lipinski definition) is 9. The summed E-state index contributed by atoms with van der Waals surface area (Å²) in [6, 6.07) is -0.932. The molecule has 0 aromatic heterocycles. The zero-order chi connectivity index (χ0) is 44.7. The molecule has 2 saturated heterocycles. The van der Waals surface area contributed by atoms with E-state index >= 15 is 0 Å². The number of carbonyl (C=O) groups is 1. The van der Waals surface area contributed by atoms with Crippen molar-refractivity contribution in [2.24, 2.45) is 0 Å². The normalized spacial score (nSPS) is 28.3. The maximum Gasteiger partial charge on any atom is 0.220 e. The number of unbranched alkanes of at least 4 members (excludes halogenated alkanes) is 18. The molecule has 2 aliphatic rings. The molecule has 0 saturated carbocycles. The number of ether oxygens (including phenoxy) is 4. The van der Waals surface area contributed by atoms with Crippen molar-refractivity contribution in [3.63, 3.8) is 0 Å². The molecule has 2 aliphatic heterocycles. The Labute approximate surface area is 366 Å². The van der Waals surface area contributed by atoms with Gasteiger partial charge < -0.3 is 65.1 Å². The summed E-state index contributed by atoms with van der Waals surface area (Å²) in [5, 5.41) is 86.5. The van der Waals surface area contributed by atoms with Crippen LogP contribution >= 0.6 is 0 Å². The Hall–Kier alpha value is -1.79. The Kier molecular flexibility index (Phi) is 31.4. The summed E-state index contributed by atoms with van der Waals surface area (Å²) in [5.41, 5.74) is 0. The molecule has 2 fully saturated rings. The number of carbonyl (C=O) groups excluding carboxylic acids is 1. The lowest BCUT2D eigenvalue weighted by Gasteiger charge is -2.46. The van der Waals surface area contributed by atoms with Crippen LogP contribution in [0, 0.1) is 0 Å². The van der Waals surface area contributed by atoms with Gasteiger partial charge >= 0.3 is 0 Å². The van der Waals surface area contributed by atoms with Gasteiger partial charge in [0.25, 0.3) is 0 Å². The highest BCUT2D eigenvalue weighted by Gasteiger charge is 2.50. The lowest BCUT2D eigenvalue weighted by Crippen LogP contribution is -2.65. The van der Waals surface area contributed by atoms with Gasteiger partial charge in [-0.3, -0.25) is 4.79 Å². The van der Waals surface area contributed by atoms with Gasteiger partial charge in [-0.1, -0.05) is 134 Å². The Morgan fingerprint density at radius 3 is 1.61 bits per heavy atom. The van der Waals surface area contributed by atoms with E-state index < -0.39 is 86.8 Å². The van der Waals surface area contributed by atoms with Crippen molar-refractivity contribution in [3.05, 3.63) is 36.5 Å². The van der Waals surface area contributed by atoms with Gasteiger partial charge in [-0.2, -0.15) is 0 Å². The fourth-order valence-electron chi connectivity index (χ4n) is 7.59. The SMILES string of the molecule is CCCCCCCC/C=C\CCCCCCCC(=O)NC(COC1OC(CO)C(OC2OC(CO)C(O)C(O)C2O)C(O)C1O)C(O)/C=C/CC/C=C/CCCCCCCC. The standard InChI is InChI=1S/C47H85NO13/c1-3-5-7-9-11-13-15-17-18-19-21-23-25-27-29-31-39(52)48-35(36(51)30-28-26-24-22-20-16-14-12-10-8-6-4-2)34-58-46-44(57)42(55)45(38(33-50)60-46)61-47-43(56)41(54)40(53)37(32-49)59-47/h17-18,20,22,28,30,35-38,40-47,49-51,53-57H,3-16,19,21,23-27,29,31-34H2,1-2H3,(H,48,52)/b18-17-,22-20+,30-28+. The second kappa shape index (κ2) is 34.6. The van der Waals surface area contributed by atoms with Crippen molar-refractivity contribution >= 4 is 5.91 Å². The van der Waals surface area contributed by atoms with Crippen LogP contribution in [0.2, 0.25) is 0 Å². The first kappa shape index (κ1) is 55.3. The third-order valence-corrected chi connectivity index (χ3v) is 11.5. The number of allylic oxidation sites excluding steroid dienone is 5. The van der Waals surface area contributed by atoms with Gasteiger partial charge in [0, 0.05) is 6.42 Å². The van der Waals surface area contributed by atoms with Crippen LogP contribution in [0.15, 0.2) is 36.5 Å². The second-order valence-corrected chi connectivity index (χ2v) is 16.9. The number of amides is 1. The Balaban J connectivity index is 1.90. The van der Waals surface area contributed by atoms with Crippen LogP contribution in [0.3, 0.4) is 0 Å². The smallest absolute Gasteiger partial charge is 0.220 e. The third kappa shape index (κ3) is 22.6. The van der Waals surface area contributed by atoms with Gasteiger partial charge in [-0.05, 0) is 57.8 Å². The van der Waals surface area contributed by atoms with E-state index in [1.165, 1.54) is 77.0 Å². The third-order valence-electron chi connectivity index (χ3n) is 11.5. The molecular formula is C47H85NO13. The van der Waals surface area contributed by atoms with Crippen molar-refractivity contribution < 1.29 is 64.6 Å². The average molecular weight is 872 g/mol. The molecule has 0 bridgehead atoms. The molecule has 12 unspecified atom stereocenters. The van der Waals surface area contributed by atoms with Crippen LogP contribution in [-0.4, -0.2) is 140 Å². The quantitative estimate of drug-likeness (QED) is 0.0297. The fraction of sp³-hybridized carbons (Fsp3) is 0.851. The Bertz CT molecular complexity index is 1170. The Morgan fingerprint density at radius 1 is 0.574 bits per heavy atom. The monoisotopic (exact) mass is 872 g/mol. The van der Waals surface area contributed by atoms with E-state index in [9.17, 15) is 45.6 Å². The zero-order valence-electron chi connectivity index (χ0n) is 37.4. The molecule has 0 aromatic carbocycles. The number of hydrogen-bond acceptors (Lipinski definition) is 13. The summed E-state index contributed by atoms with van der Waals surface area (Å²) < 4.78 is 22.6. The van der Waals surface area contributed by atoms with Gasteiger partial charge in [-0.25, -0.2) is 0 Å². The van der Waals surface area contributed by atoms with Gasteiger partial charge in [0.2, 0.25) is 5.91 Å². The van der Waals surface area contributed by atoms with Gasteiger partial charge in [-0.15, -0.1) is 0 Å². The van der Waals surface area contributed by atoms with E-state index in [4.69, 9.17) is 18.9 Å². The molecule has 0 radical (unpaired) electrons. The van der Waals surface area contributed by atoms with E-state index in [0.29, 0.717) is 12.8 Å². The topological polar surface area (TPSA) is 228 Å². The van der Waals surface area contributed by atoms with Crippen LogP contribution in [0.25, 0.3) is 0 Å². The van der Waals surface area contributed by atoms with E-state index in [1.54, 1.807) is 6.08 Å². The lowest BCUT2D eigenvalue weighted by atomic mass is 9.97. The number of nitrogens with one attached hydrogen (secondary N) is 1. The highest BCUT2D eigenvalue weighted by atomic mass is 16.7. The summed E-state index contributed by atoms with van der Waals surface area (Å²) in [4.78, 5) is 13.1. The van der Waals surface area contributed by atoms with Crippen LogP contribution in [0.5, 0.6) is 0 Å². The molecule has 14 heteroatoms. The van der Waals surface area contributed by atoms with Crippen LogP contribution in [0.4, 0.5) is 0 Å². The predicted octanol–water partition coefficient (Wildman–Crippen LogP) is 5.15. The molecule has 0 aliphatic carbocycles. The van der Waals surface area contributed by atoms with E-state index in [-0.39, 0.29) is 18.9 Å². The minimum Gasteiger partial charge on any atom is -0.394 e. The van der Waals surface area contributed by atoms with Gasteiger partial charge in [0.15, 0.2) is 12.6 Å². The molecule has 356 valence electrons. The lowest BCUT2D eigenvalue weighted by molar-refractivity contribution is -0.359. The van der Waals surface area contributed by atoms with E-state index in [2.05, 4.69) is 43.5 Å². The average Bonchev–Trinajstić information content (AvgIpc) is 3.26. The maximum absolute atomic E-state index is 13.1. The molecule has 14 nitrogen and oxygen atoms in total. The van der Waals surface area contributed by atoms with Crippen LogP contribution < -0.4 is 5.32 Å². The number of rotatable bonds is 35. The van der Waals surface area contributed by atoms with E-state index in [1.807, 2.05) is 6.08 Å². The van der Waals surface area contributed by atoms with E-state index in [0.717, 1.165) is 51.4 Å². The summed E-state index contributed by atoms with van der Waals surface area (Å²) in [5.74, 6) is -0.261. The summed E-state index contributed by atoms with van der Waals surface area (Å²) in [6.45, 7) is 2.71. The molecule has 2 rings (SSSR count). The van der Waals surface area contributed by atoms with Crippen molar-refractivity contribution in [1.82, 2.24) is 5.32 Å². The summed E-state index contributed by atoms with van der Waals surface area (Å²) in [7, 11) is 0. The first-order valence-corrected chi connectivity index (χ1v) is 23.7. The molecule has 2 heterocycles.